The maximum absolute atomic E-state index is 13.3. The molecule has 186 valence electrons. The van der Waals surface area contributed by atoms with Gasteiger partial charge < -0.3 is 19.3 Å². The molecule has 36 heavy (non-hydrogen) atoms. The number of aliphatic hydroxyl groups excluding tert-OH is 1. The normalized spacial score (nSPS) is 16.8. The maximum Gasteiger partial charge on any atom is 0.350 e. The number of anilines is 1. The van der Waals surface area contributed by atoms with Gasteiger partial charge in [0.2, 0.25) is 0 Å². The number of hydrogen-bond donors (Lipinski definition) is 1. The lowest BCUT2D eigenvalue weighted by molar-refractivity contribution is -0.132. The summed E-state index contributed by atoms with van der Waals surface area (Å²) in [6.45, 7) is 1.60. The van der Waals surface area contributed by atoms with Gasteiger partial charge in [0.1, 0.15) is 10.6 Å². The molecule has 0 bridgehead atoms. The highest BCUT2D eigenvalue weighted by Gasteiger charge is 2.48. The van der Waals surface area contributed by atoms with E-state index in [-0.39, 0.29) is 21.3 Å². The molecule has 11 heteroatoms. The van der Waals surface area contributed by atoms with Crippen molar-refractivity contribution < 1.29 is 33.7 Å². The van der Waals surface area contributed by atoms with Gasteiger partial charge in [0.15, 0.2) is 16.6 Å². The number of halogens is 1. The number of esters is 1. The molecule has 0 radical (unpaired) electrons. The summed E-state index contributed by atoms with van der Waals surface area (Å²) in [7, 11) is 4.18. The van der Waals surface area contributed by atoms with Gasteiger partial charge in [0.25, 0.3) is 5.78 Å². The maximum atomic E-state index is 13.3. The van der Waals surface area contributed by atoms with E-state index in [0.29, 0.717) is 33.3 Å². The first-order valence-electron chi connectivity index (χ1n) is 10.6. The van der Waals surface area contributed by atoms with E-state index in [2.05, 4.69) is 4.98 Å². The minimum absolute atomic E-state index is 0.102. The lowest BCUT2D eigenvalue weighted by atomic mass is 9.95. The molecule has 1 unspecified atom stereocenters. The van der Waals surface area contributed by atoms with Crippen molar-refractivity contribution in [3.63, 3.8) is 0 Å². The van der Waals surface area contributed by atoms with E-state index in [4.69, 9.17) is 25.8 Å². The number of aromatic nitrogens is 1. The number of ether oxygens (including phenoxy) is 3. The molecule has 1 fully saturated rings. The largest absolute Gasteiger partial charge is 0.507 e. The molecule has 0 spiro atoms. The highest BCUT2D eigenvalue weighted by molar-refractivity contribution is 7.17. The van der Waals surface area contributed by atoms with E-state index in [0.717, 1.165) is 16.2 Å². The van der Waals surface area contributed by atoms with E-state index in [1.807, 2.05) is 0 Å². The third-order valence-electron chi connectivity index (χ3n) is 5.65. The number of hydrogen-bond acceptors (Lipinski definition) is 9. The van der Waals surface area contributed by atoms with Crippen molar-refractivity contribution in [2.24, 2.45) is 0 Å². The summed E-state index contributed by atoms with van der Waals surface area (Å²) in [5, 5.41) is 11.7. The molecule has 0 aliphatic carbocycles. The average Bonchev–Trinajstić information content (AvgIpc) is 3.39. The number of nitrogens with zero attached hydrogens (tertiary/aromatic N) is 2. The monoisotopic (exact) mass is 528 g/mol. The molecule has 1 amide bonds. The third-order valence-corrected chi connectivity index (χ3v) is 7.04. The number of rotatable bonds is 6. The molecule has 2 aromatic carbocycles. The zero-order valence-corrected chi connectivity index (χ0v) is 21.3. The second kappa shape index (κ2) is 10.00. The number of thiazole rings is 1. The average molecular weight is 529 g/mol. The second-order valence-electron chi connectivity index (χ2n) is 7.69. The number of carbonyl (C=O) groups is 3. The summed E-state index contributed by atoms with van der Waals surface area (Å²) < 4.78 is 15.5. The van der Waals surface area contributed by atoms with Crippen LogP contribution in [-0.2, 0) is 14.3 Å². The van der Waals surface area contributed by atoms with E-state index in [9.17, 15) is 19.5 Å². The van der Waals surface area contributed by atoms with E-state index in [1.54, 1.807) is 49.4 Å². The Balaban J connectivity index is 1.96. The first-order chi connectivity index (χ1) is 17.2. The fourth-order valence-corrected chi connectivity index (χ4v) is 5.04. The predicted octanol–water partition coefficient (Wildman–Crippen LogP) is 4.54. The summed E-state index contributed by atoms with van der Waals surface area (Å²) in [5.74, 6) is -2.01. The topological polar surface area (TPSA) is 115 Å². The van der Waals surface area contributed by atoms with Crippen LogP contribution in [0, 0.1) is 6.92 Å². The van der Waals surface area contributed by atoms with Crippen molar-refractivity contribution in [3.8, 4) is 11.5 Å². The van der Waals surface area contributed by atoms with Crippen LogP contribution in [0.2, 0.25) is 5.02 Å². The number of Topliss-reactive ketones (excluding diaryl/α,β-unsaturated/α-hetero) is 1. The molecule has 1 saturated heterocycles. The van der Waals surface area contributed by atoms with Crippen molar-refractivity contribution in [2.45, 2.75) is 13.0 Å². The second-order valence-corrected chi connectivity index (χ2v) is 9.11. The molecule has 3 aromatic rings. The first-order valence-corrected chi connectivity index (χ1v) is 11.8. The first kappa shape index (κ1) is 25.2. The van der Waals surface area contributed by atoms with Gasteiger partial charge in [-0.25, -0.2) is 9.78 Å². The van der Waals surface area contributed by atoms with Crippen molar-refractivity contribution >= 4 is 51.5 Å². The third kappa shape index (κ3) is 4.29. The SMILES string of the molecule is COC(=O)c1sc(N2C(=O)C(=O)/C(=C(/O)c3ccc(Cl)cc3)C2c2ccc(OC)c(OC)c2)nc1C. The molecule has 1 N–H and O–H groups in total. The number of benzene rings is 2. The Labute approximate surface area is 215 Å². The molecule has 2 heterocycles. The molecule has 1 atom stereocenters. The summed E-state index contributed by atoms with van der Waals surface area (Å²) in [6.07, 6.45) is 0. The van der Waals surface area contributed by atoms with E-state index < -0.39 is 23.7 Å². The molecule has 1 aliphatic heterocycles. The summed E-state index contributed by atoms with van der Waals surface area (Å²) in [6, 6.07) is 10.0. The summed E-state index contributed by atoms with van der Waals surface area (Å²) in [5.41, 5.74) is 0.942. The molecular weight excluding hydrogens is 508 g/mol. The van der Waals surface area contributed by atoms with Gasteiger partial charge in [0, 0.05) is 10.6 Å². The fraction of sp³-hybridized carbons (Fsp3) is 0.200. The molecule has 4 rings (SSSR count). The highest BCUT2D eigenvalue weighted by atomic mass is 35.5. The van der Waals surface area contributed by atoms with Crippen LogP contribution < -0.4 is 14.4 Å². The summed E-state index contributed by atoms with van der Waals surface area (Å²) >= 11 is 6.89. The Morgan fingerprint density at radius 3 is 2.33 bits per heavy atom. The Morgan fingerprint density at radius 2 is 1.72 bits per heavy atom. The van der Waals surface area contributed by atoms with Crippen LogP contribution in [0.4, 0.5) is 5.13 Å². The van der Waals surface area contributed by atoms with Crippen LogP contribution in [0.15, 0.2) is 48.0 Å². The van der Waals surface area contributed by atoms with Crippen LogP contribution in [0.25, 0.3) is 5.76 Å². The van der Waals surface area contributed by atoms with E-state index in [1.165, 1.54) is 21.3 Å². The van der Waals surface area contributed by atoms with E-state index >= 15 is 0 Å². The lowest BCUT2D eigenvalue weighted by Crippen LogP contribution is -2.29. The van der Waals surface area contributed by atoms with Gasteiger partial charge >= 0.3 is 11.9 Å². The zero-order chi connectivity index (χ0) is 26.1. The Morgan fingerprint density at radius 1 is 1.06 bits per heavy atom. The van der Waals surface area contributed by atoms with Crippen molar-refractivity contribution in [1.29, 1.82) is 0 Å². The van der Waals surface area contributed by atoms with Gasteiger partial charge in [-0.1, -0.05) is 29.0 Å². The molecule has 1 aliphatic rings. The number of aryl methyl sites for hydroxylation is 1. The summed E-state index contributed by atoms with van der Waals surface area (Å²) in [4.78, 5) is 44.6. The Kier molecular flexibility index (Phi) is 7.00. The van der Waals surface area contributed by atoms with Gasteiger partial charge in [0.05, 0.1) is 38.6 Å². The number of carbonyl (C=O) groups excluding carboxylic acids is 3. The lowest BCUT2D eigenvalue weighted by Gasteiger charge is -2.23. The zero-order valence-electron chi connectivity index (χ0n) is 19.7. The van der Waals surface area contributed by atoms with Crippen LogP contribution in [0.5, 0.6) is 11.5 Å². The van der Waals surface area contributed by atoms with Gasteiger partial charge in [-0.3, -0.25) is 14.5 Å². The number of ketones is 1. The predicted molar refractivity (Wildman–Crippen MR) is 134 cm³/mol. The molecule has 1 aromatic heterocycles. The van der Waals surface area contributed by atoms with Crippen LogP contribution in [0.1, 0.15) is 32.5 Å². The number of aliphatic hydroxyl groups is 1. The Hall–Kier alpha value is -3.89. The molecular formula is C25H21ClN2O7S. The van der Waals surface area contributed by atoms with Gasteiger partial charge in [-0.2, -0.15) is 0 Å². The van der Waals surface area contributed by atoms with Crippen molar-refractivity contribution in [3.05, 3.63) is 74.8 Å². The van der Waals surface area contributed by atoms with Crippen LogP contribution in [-0.4, -0.2) is 49.1 Å². The van der Waals surface area contributed by atoms with Crippen molar-refractivity contribution in [2.75, 3.05) is 26.2 Å². The highest BCUT2D eigenvalue weighted by Crippen LogP contribution is 2.45. The molecule has 0 saturated carbocycles. The number of amides is 1. The molecule has 9 nitrogen and oxygen atoms in total. The van der Waals surface area contributed by atoms with Crippen molar-refractivity contribution in [1.82, 2.24) is 4.98 Å². The van der Waals surface area contributed by atoms with Gasteiger partial charge in [-0.15, -0.1) is 0 Å². The van der Waals surface area contributed by atoms with Crippen LogP contribution >= 0.6 is 22.9 Å². The minimum atomic E-state index is -1.07. The van der Waals surface area contributed by atoms with Gasteiger partial charge in [-0.05, 0) is 48.9 Å². The minimum Gasteiger partial charge on any atom is -0.507 e. The smallest absolute Gasteiger partial charge is 0.350 e. The fourth-order valence-electron chi connectivity index (χ4n) is 3.90. The Bertz CT molecular complexity index is 1400. The quantitative estimate of drug-likeness (QED) is 0.215. The standard InChI is InChI=1S/C25H21ClN2O7S/c1-12-22(24(32)35-4)36-25(27-12)28-19(14-7-10-16(33-2)17(11-14)34-3)18(21(30)23(28)31)20(29)13-5-8-15(26)9-6-13/h5-11,19,29H,1-4H3/b20-18+. The van der Waals surface area contributed by atoms with Crippen LogP contribution in [0.3, 0.4) is 0 Å². The number of methoxy groups -OCH3 is 3.